The van der Waals surface area contributed by atoms with Gasteiger partial charge in [0.1, 0.15) is 6.04 Å². The second kappa shape index (κ2) is 8.50. The zero-order chi connectivity index (χ0) is 22.9. The van der Waals surface area contributed by atoms with Crippen molar-refractivity contribution < 1.29 is 14.4 Å². The maximum absolute atomic E-state index is 12.9. The van der Waals surface area contributed by atoms with E-state index in [1.54, 1.807) is 12.1 Å². The van der Waals surface area contributed by atoms with Crippen LogP contribution in [0.1, 0.15) is 30.0 Å². The SMILES string of the molecule is O=C1CCC(n2ncc3cc(CNC(=O)C4CNc5ccccc5C4)ccc3c2=O)C(=O)N1. The number of carbonyl (C=O) groups excluding carboxylic acids is 3. The number of nitrogens with zero attached hydrogens (tertiary/aromatic N) is 2. The fourth-order valence-corrected chi connectivity index (χ4v) is 4.42. The molecule has 0 radical (unpaired) electrons. The minimum Gasteiger partial charge on any atom is -0.384 e. The summed E-state index contributed by atoms with van der Waals surface area (Å²) < 4.78 is 1.14. The van der Waals surface area contributed by atoms with E-state index in [1.807, 2.05) is 30.3 Å². The molecule has 0 spiro atoms. The normalized spacial score (nSPS) is 20.0. The number of nitrogens with one attached hydrogen (secondary N) is 3. The number of hydrogen-bond acceptors (Lipinski definition) is 6. The van der Waals surface area contributed by atoms with Gasteiger partial charge in [0.05, 0.1) is 17.5 Å². The molecular formula is C24H23N5O4. The van der Waals surface area contributed by atoms with Crippen LogP contribution in [-0.4, -0.2) is 34.0 Å². The lowest BCUT2D eigenvalue weighted by molar-refractivity contribution is -0.136. The van der Waals surface area contributed by atoms with Crippen LogP contribution in [0.2, 0.25) is 0 Å². The number of carbonyl (C=O) groups is 3. The molecule has 9 nitrogen and oxygen atoms in total. The summed E-state index contributed by atoms with van der Waals surface area (Å²) in [4.78, 5) is 49.1. The van der Waals surface area contributed by atoms with Gasteiger partial charge in [0.25, 0.3) is 11.5 Å². The summed E-state index contributed by atoms with van der Waals surface area (Å²) in [6.07, 6.45) is 2.64. The number of hydrogen-bond donors (Lipinski definition) is 3. The quantitative estimate of drug-likeness (QED) is 0.520. The number of aromatic nitrogens is 2. The van der Waals surface area contributed by atoms with E-state index in [-0.39, 0.29) is 36.1 Å². The third-order valence-electron chi connectivity index (χ3n) is 6.24. The lowest BCUT2D eigenvalue weighted by atomic mass is 9.93. The van der Waals surface area contributed by atoms with Crippen molar-refractivity contribution in [3.8, 4) is 0 Å². The van der Waals surface area contributed by atoms with Crippen molar-refractivity contribution in [3.63, 3.8) is 0 Å². The number of rotatable bonds is 4. The molecule has 3 N–H and O–H groups in total. The lowest BCUT2D eigenvalue weighted by Crippen LogP contribution is -2.45. The standard InChI is InChI=1S/C24H23N5O4/c30-21-8-7-20(23(32)28-21)29-24(33)18-6-5-14(9-16(18)13-27-29)11-26-22(31)17-10-15-3-1-2-4-19(15)25-12-17/h1-6,9,13,17,20,25H,7-8,10-12H2,(H,26,31)(H,28,30,32). The van der Waals surface area contributed by atoms with Crippen LogP contribution < -0.4 is 21.5 Å². The first-order valence-corrected chi connectivity index (χ1v) is 10.9. The fourth-order valence-electron chi connectivity index (χ4n) is 4.42. The van der Waals surface area contributed by atoms with Gasteiger partial charge in [0.2, 0.25) is 11.8 Å². The summed E-state index contributed by atoms with van der Waals surface area (Å²) in [7, 11) is 0. The van der Waals surface area contributed by atoms with Gasteiger partial charge in [-0.3, -0.25) is 24.5 Å². The Morgan fingerprint density at radius 1 is 1.15 bits per heavy atom. The maximum Gasteiger partial charge on any atom is 0.275 e. The first-order chi connectivity index (χ1) is 16.0. The van der Waals surface area contributed by atoms with Gasteiger partial charge in [0, 0.05) is 30.6 Å². The van der Waals surface area contributed by atoms with Gasteiger partial charge < -0.3 is 10.6 Å². The summed E-state index contributed by atoms with van der Waals surface area (Å²) in [6.45, 7) is 0.924. The minimum atomic E-state index is -0.798. The highest BCUT2D eigenvalue weighted by Crippen LogP contribution is 2.24. The predicted octanol–water partition coefficient (Wildman–Crippen LogP) is 1.27. The van der Waals surface area contributed by atoms with Gasteiger partial charge in [-0.25, -0.2) is 4.68 Å². The van der Waals surface area contributed by atoms with Gasteiger partial charge in [-0.1, -0.05) is 24.3 Å². The highest BCUT2D eigenvalue weighted by Gasteiger charge is 2.30. The molecule has 2 aliphatic rings. The monoisotopic (exact) mass is 445 g/mol. The Bertz CT molecular complexity index is 1330. The Kier molecular flexibility index (Phi) is 5.37. The second-order valence-electron chi connectivity index (χ2n) is 8.44. The molecule has 2 aromatic carbocycles. The highest BCUT2D eigenvalue weighted by molar-refractivity contribution is 5.99. The van der Waals surface area contributed by atoms with Crippen LogP contribution in [0.25, 0.3) is 10.8 Å². The number of anilines is 1. The number of amides is 3. The second-order valence-corrected chi connectivity index (χ2v) is 8.44. The molecule has 33 heavy (non-hydrogen) atoms. The van der Waals surface area contributed by atoms with Crippen LogP contribution in [0.5, 0.6) is 0 Å². The molecule has 3 aromatic rings. The molecular weight excluding hydrogens is 422 g/mol. The smallest absolute Gasteiger partial charge is 0.275 e. The topological polar surface area (TPSA) is 122 Å². The molecule has 5 rings (SSSR count). The average molecular weight is 445 g/mol. The Labute approximate surface area is 189 Å². The third kappa shape index (κ3) is 4.09. The van der Waals surface area contributed by atoms with Crippen molar-refractivity contribution >= 4 is 34.2 Å². The molecule has 0 bridgehead atoms. The fraction of sp³-hybridized carbons (Fsp3) is 0.292. The van der Waals surface area contributed by atoms with Crippen LogP contribution in [0.4, 0.5) is 5.69 Å². The van der Waals surface area contributed by atoms with E-state index in [9.17, 15) is 19.2 Å². The predicted molar refractivity (Wildman–Crippen MR) is 121 cm³/mol. The molecule has 3 heterocycles. The summed E-state index contributed by atoms with van der Waals surface area (Å²) in [5.74, 6) is -1.03. The van der Waals surface area contributed by atoms with Gasteiger partial charge in [-0.2, -0.15) is 5.10 Å². The Balaban J connectivity index is 1.28. The Morgan fingerprint density at radius 2 is 2.00 bits per heavy atom. The number of imide groups is 1. The van der Waals surface area contributed by atoms with Gasteiger partial charge >= 0.3 is 0 Å². The molecule has 2 aliphatic heterocycles. The van der Waals surface area contributed by atoms with Crippen LogP contribution in [0.3, 0.4) is 0 Å². The molecule has 168 valence electrons. The van der Waals surface area contributed by atoms with Crippen LogP contribution >= 0.6 is 0 Å². The molecule has 0 aliphatic carbocycles. The first-order valence-electron chi connectivity index (χ1n) is 10.9. The van der Waals surface area contributed by atoms with E-state index in [1.165, 1.54) is 6.20 Å². The number of benzene rings is 2. The average Bonchev–Trinajstić information content (AvgIpc) is 2.83. The van der Waals surface area contributed by atoms with Crippen molar-refractivity contribution in [2.75, 3.05) is 11.9 Å². The highest BCUT2D eigenvalue weighted by atomic mass is 16.2. The molecule has 0 saturated carbocycles. The number of fused-ring (bicyclic) bond motifs is 2. The Hall–Kier alpha value is -4.01. The van der Waals surface area contributed by atoms with E-state index < -0.39 is 11.9 Å². The lowest BCUT2D eigenvalue weighted by Gasteiger charge is -2.25. The maximum atomic E-state index is 12.9. The van der Waals surface area contributed by atoms with Crippen LogP contribution in [-0.2, 0) is 27.3 Å². The van der Waals surface area contributed by atoms with Crippen LogP contribution in [0, 0.1) is 5.92 Å². The molecule has 3 amide bonds. The number of piperidine rings is 1. The summed E-state index contributed by atoms with van der Waals surface area (Å²) in [5.41, 5.74) is 2.67. The van der Waals surface area contributed by atoms with Crippen molar-refractivity contribution in [2.24, 2.45) is 5.92 Å². The van der Waals surface area contributed by atoms with E-state index in [4.69, 9.17) is 0 Å². The van der Waals surface area contributed by atoms with E-state index >= 15 is 0 Å². The van der Waals surface area contributed by atoms with Crippen molar-refractivity contribution in [3.05, 3.63) is 70.1 Å². The largest absolute Gasteiger partial charge is 0.384 e. The Morgan fingerprint density at radius 3 is 2.85 bits per heavy atom. The number of para-hydroxylation sites is 1. The molecule has 2 atom stereocenters. The summed E-state index contributed by atoms with van der Waals surface area (Å²) in [6, 6.07) is 12.5. The zero-order valence-corrected chi connectivity index (χ0v) is 17.8. The molecule has 1 fully saturated rings. The van der Waals surface area contributed by atoms with E-state index in [0.29, 0.717) is 30.3 Å². The van der Waals surface area contributed by atoms with E-state index in [2.05, 4.69) is 21.0 Å². The van der Waals surface area contributed by atoms with Gasteiger partial charge in [-0.05, 0) is 42.2 Å². The van der Waals surface area contributed by atoms with Gasteiger partial charge in [0.15, 0.2) is 0 Å². The summed E-state index contributed by atoms with van der Waals surface area (Å²) >= 11 is 0. The molecule has 9 heteroatoms. The third-order valence-corrected chi connectivity index (χ3v) is 6.24. The van der Waals surface area contributed by atoms with E-state index in [0.717, 1.165) is 21.5 Å². The summed E-state index contributed by atoms with van der Waals surface area (Å²) in [5, 5.41) is 13.8. The zero-order valence-electron chi connectivity index (χ0n) is 17.8. The van der Waals surface area contributed by atoms with Gasteiger partial charge in [-0.15, -0.1) is 0 Å². The molecule has 2 unspecified atom stereocenters. The minimum absolute atomic E-state index is 0.0245. The van der Waals surface area contributed by atoms with Crippen molar-refractivity contribution in [1.29, 1.82) is 0 Å². The van der Waals surface area contributed by atoms with Crippen molar-refractivity contribution in [1.82, 2.24) is 20.4 Å². The molecule has 1 saturated heterocycles. The first kappa shape index (κ1) is 20.9. The molecule has 1 aromatic heterocycles. The van der Waals surface area contributed by atoms with Crippen molar-refractivity contribution in [2.45, 2.75) is 31.8 Å². The van der Waals surface area contributed by atoms with Crippen LogP contribution in [0.15, 0.2) is 53.5 Å².